The van der Waals surface area contributed by atoms with Crippen molar-refractivity contribution in [2.75, 3.05) is 29.4 Å². The molecule has 0 spiro atoms. The lowest BCUT2D eigenvalue weighted by atomic mass is 9.78. The number of aromatic amines is 1. The van der Waals surface area contributed by atoms with E-state index >= 15 is 0 Å². The molecular formula is C22H33N5O. The first-order valence-electron chi connectivity index (χ1n) is 11.1. The number of fused-ring (bicyclic) bond motifs is 2. The highest BCUT2D eigenvalue weighted by atomic mass is 16.1. The molecule has 0 aromatic carbocycles. The van der Waals surface area contributed by atoms with E-state index in [4.69, 9.17) is 9.97 Å². The predicted octanol–water partition coefficient (Wildman–Crippen LogP) is 4.10. The van der Waals surface area contributed by atoms with Gasteiger partial charge in [-0.05, 0) is 50.5 Å². The minimum Gasteiger partial charge on any atom is -0.352 e. The van der Waals surface area contributed by atoms with Gasteiger partial charge in [-0.3, -0.25) is 9.78 Å². The molecule has 4 rings (SSSR count). The molecule has 1 saturated heterocycles. The highest BCUT2D eigenvalue weighted by Gasteiger charge is 2.35. The third-order valence-corrected chi connectivity index (χ3v) is 6.39. The second-order valence-electron chi connectivity index (χ2n) is 8.35. The lowest BCUT2D eigenvalue weighted by molar-refractivity contribution is 0.243. The van der Waals surface area contributed by atoms with Crippen molar-refractivity contribution in [3.05, 3.63) is 22.6 Å². The van der Waals surface area contributed by atoms with Crippen molar-refractivity contribution in [1.29, 1.82) is 0 Å². The number of H-pyrrole nitrogens is 1. The quantitative estimate of drug-likeness (QED) is 0.813. The fourth-order valence-corrected chi connectivity index (χ4v) is 5.15. The van der Waals surface area contributed by atoms with E-state index in [1.54, 1.807) is 12.3 Å². The normalized spacial score (nSPS) is 22.3. The van der Waals surface area contributed by atoms with E-state index in [0.29, 0.717) is 17.4 Å². The summed E-state index contributed by atoms with van der Waals surface area (Å²) in [7, 11) is 0. The Balaban J connectivity index is 1.79. The fourth-order valence-electron chi connectivity index (χ4n) is 5.15. The Labute approximate surface area is 167 Å². The molecular weight excluding hydrogens is 350 g/mol. The second kappa shape index (κ2) is 8.50. The third-order valence-electron chi connectivity index (χ3n) is 6.39. The Kier molecular flexibility index (Phi) is 5.83. The van der Waals surface area contributed by atoms with Gasteiger partial charge < -0.3 is 9.80 Å². The fraction of sp³-hybridized carbons (Fsp3) is 0.682. The first-order chi connectivity index (χ1) is 13.7. The zero-order valence-corrected chi connectivity index (χ0v) is 17.3. The van der Waals surface area contributed by atoms with Crippen molar-refractivity contribution < 1.29 is 0 Å². The average Bonchev–Trinajstić information content (AvgIpc) is 2.73. The number of rotatable bonds is 6. The molecule has 2 aromatic rings. The molecule has 2 aromatic heterocycles. The van der Waals surface area contributed by atoms with Crippen LogP contribution < -0.4 is 15.4 Å². The molecule has 1 N–H and O–H groups in total. The molecule has 6 nitrogen and oxygen atoms in total. The van der Waals surface area contributed by atoms with E-state index in [9.17, 15) is 4.79 Å². The number of anilines is 2. The first kappa shape index (κ1) is 19.2. The van der Waals surface area contributed by atoms with Gasteiger partial charge in [-0.15, -0.1) is 0 Å². The first-order valence-corrected chi connectivity index (χ1v) is 11.1. The van der Waals surface area contributed by atoms with Gasteiger partial charge >= 0.3 is 0 Å². The van der Waals surface area contributed by atoms with Gasteiger partial charge in [-0.25, -0.2) is 9.97 Å². The van der Waals surface area contributed by atoms with Crippen molar-refractivity contribution >= 4 is 22.7 Å². The number of hydrogen-bond donors (Lipinski definition) is 1. The van der Waals surface area contributed by atoms with Gasteiger partial charge in [0.25, 0.3) is 5.56 Å². The summed E-state index contributed by atoms with van der Waals surface area (Å²) in [5, 5.41) is 0.652. The summed E-state index contributed by atoms with van der Waals surface area (Å²) < 4.78 is 0. The molecule has 2 aliphatic rings. The van der Waals surface area contributed by atoms with Crippen LogP contribution in [-0.2, 0) is 0 Å². The number of aromatic nitrogens is 3. The van der Waals surface area contributed by atoms with Gasteiger partial charge in [-0.1, -0.05) is 26.7 Å². The van der Waals surface area contributed by atoms with Crippen molar-refractivity contribution in [2.24, 2.45) is 5.92 Å². The SMILES string of the molecule is CCCN(CCC)c1nc2c(N3CCC[C@@H]4CCCC[C@@H]43)nccc2c(=O)[nH]1. The van der Waals surface area contributed by atoms with Crippen LogP contribution in [0, 0.1) is 5.92 Å². The van der Waals surface area contributed by atoms with Crippen LogP contribution >= 0.6 is 0 Å². The Morgan fingerprint density at radius 3 is 2.68 bits per heavy atom. The Bertz CT molecular complexity index is 856. The average molecular weight is 384 g/mol. The van der Waals surface area contributed by atoms with Gasteiger partial charge in [0.05, 0.1) is 5.39 Å². The molecule has 2 atom stereocenters. The molecule has 0 unspecified atom stereocenters. The summed E-state index contributed by atoms with van der Waals surface area (Å²) >= 11 is 0. The van der Waals surface area contributed by atoms with Gasteiger partial charge in [0, 0.05) is 31.9 Å². The van der Waals surface area contributed by atoms with E-state index < -0.39 is 0 Å². The molecule has 2 fully saturated rings. The van der Waals surface area contributed by atoms with Crippen LogP contribution in [0.1, 0.15) is 65.2 Å². The minimum atomic E-state index is -0.0574. The number of piperidine rings is 1. The van der Waals surface area contributed by atoms with Gasteiger partial charge in [0.1, 0.15) is 5.52 Å². The van der Waals surface area contributed by atoms with Gasteiger partial charge in [0.15, 0.2) is 5.82 Å². The molecule has 1 aliphatic carbocycles. The summed E-state index contributed by atoms with van der Waals surface area (Å²) in [6.07, 6.45) is 11.6. The largest absolute Gasteiger partial charge is 0.352 e. The van der Waals surface area contributed by atoms with Crippen molar-refractivity contribution in [3.8, 4) is 0 Å². The molecule has 3 heterocycles. The Morgan fingerprint density at radius 1 is 1.14 bits per heavy atom. The second-order valence-corrected chi connectivity index (χ2v) is 8.35. The zero-order valence-electron chi connectivity index (χ0n) is 17.3. The van der Waals surface area contributed by atoms with Crippen LogP contribution in [-0.4, -0.2) is 40.6 Å². The number of hydrogen-bond acceptors (Lipinski definition) is 5. The minimum absolute atomic E-state index is 0.0574. The zero-order chi connectivity index (χ0) is 19.5. The van der Waals surface area contributed by atoms with Crippen LogP contribution in [0.15, 0.2) is 17.1 Å². The number of pyridine rings is 1. The summed E-state index contributed by atoms with van der Waals surface area (Å²) in [5.74, 6) is 2.36. The van der Waals surface area contributed by atoms with Gasteiger partial charge in [0.2, 0.25) is 5.95 Å². The maximum atomic E-state index is 12.9. The maximum absolute atomic E-state index is 12.9. The molecule has 0 amide bonds. The molecule has 0 bridgehead atoms. The van der Waals surface area contributed by atoms with Crippen LogP contribution in [0.4, 0.5) is 11.8 Å². The van der Waals surface area contributed by atoms with E-state index in [1.807, 2.05) is 0 Å². The summed E-state index contributed by atoms with van der Waals surface area (Å²) in [5.41, 5.74) is 0.711. The summed E-state index contributed by atoms with van der Waals surface area (Å²) in [6, 6.07) is 2.35. The lowest BCUT2D eigenvalue weighted by Gasteiger charge is -2.44. The van der Waals surface area contributed by atoms with Crippen LogP contribution in [0.5, 0.6) is 0 Å². The number of nitrogens with one attached hydrogen (secondary N) is 1. The molecule has 28 heavy (non-hydrogen) atoms. The van der Waals surface area contributed by atoms with Crippen LogP contribution in [0.2, 0.25) is 0 Å². The van der Waals surface area contributed by atoms with Crippen molar-refractivity contribution in [2.45, 2.75) is 71.3 Å². The highest BCUT2D eigenvalue weighted by Crippen LogP contribution is 2.38. The Hall–Kier alpha value is -2.11. The standard InChI is InChI=1S/C22H33N5O/c1-3-13-26(14-4-2)22-24-19-17(21(28)25-22)11-12-23-20(19)27-15-7-9-16-8-5-6-10-18(16)27/h11-12,16,18H,3-10,13-15H2,1-2H3,(H,24,25,28)/t16-,18-/m0/s1. The highest BCUT2D eigenvalue weighted by molar-refractivity contribution is 5.88. The number of nitrogens with zero attached hydrogens (tertiary/aromatic N) is 4. The molecule has 152 valence electrons. The molecule has 1 saturated carbocycles. The Morgan fingerprint density at radius 2 is 1.89 bits per heavy atom. The topological polar surface area (TPSA) is 65.1 Å². The van der Waals surface area contributed by atoms with E-state index in [-0.39, 0.29) is 5.56 Å². The van der Waals surface area contributed by atoms with Crippen LogP contribution in [0.3, 0.4) is 0 Å². The lowest BCUT2D eigenvalue weighted by Crippen LogP contribution is -2.47. The third kappa shape index (κ3) is 3.61. The van der Waals surface area contributed by atoms with Gasteiger partial charge in [-0.2, -0.15) is 0 Å². The van der Waals surface area contributed by atoms with Crippen molar-refractivity contribution in [1.82, 2.24) is 15.0 Å². The molecule has 1 aliphatic heterocycles. The smallest absolute Gasteiger partial charge is 0.260 e. The molecule has 6 heteroatoms. The molecule has 0 radical (unpaired) electrons. The van der Waals surface area contributed by atoms with E-state index in [0.717, 1.165) is 49.7 Å². The predicted molar refractivity (Wildman–Crippen MR) is 115 cm³/mol. The summed E-state index contributed by atoms with van der Waals surface area (Å²) in [4.78, 5) is 30.2. The van der Waals surface area contributed by atoms with E-state index in [2.05, 4.69) is 28.6 Å². The van der Waals surface area contributed by atoms with Crippen molar-refractivity contribution in [3.63, 3.8) is 0 Å². The van der Waals surface area contributed by atoms with E-state index in [1.165, 1.54) is 38.5 Å². The maximum Gasteiger partial charge on any atom is 0.260 e. The van der Waals surface area contributed by atoms with Crippen LogP contribution in [0.25, 0.3) is 10.9 Å². The monoisotopic (exact) mass is 383 g/mol. The summed E-state index contributed by atoms with van der Waals surface area (Å²) in [6.45, 7) is 7.13.